The molecule has 1 aromatic rings. The number of hydrogen-bond donors (Lipinski definition) is 1. The van der Waals surface area contributed by atoms with Gasteiger partial charge in [0.15, 0.2) is 0 Å². The van der Waals surface area contributed by atoms with Crippen molar-refractivity contribution in [3.05, 3.63) is 22.4 Å². The lowest BCUT2D eigenvalue weighted by molar-refractivity contribution is 0.505. The Morgan fingerprint density at radius 2 is 2.20 bits per heavy atom. The van der Waals surface area contributed by atoms with Crippen LogP contribution >= 0.6 is 23.1 Å². The van der Waals surface area contributed by atoms with Crippen molar-refractivity contribution < 1.29 is 0 Å². The minimum atomic E-state index is 0.698. The summed E-state index contributed by atoms with van der Waals surface area (Å²) in [5, 5.41) is 6.89. The van der Waals surface area contributed by atoms with Crippen LogP contribution < -0.4 is 5.32 Å². The van der Waals surface area contributed by atoms with E-state index in [-0.39, 0.29) is 0 Å². The van der Waals surface area contributed by atoms with Gasteiger partial charge in [0.1, 0.15) is 0 Å². The van der Waals surface area contributed by atoms with Crippen LogP contribution in [0.1, 0.15) is 56.7 Å². The van der Waals surface area contributed by atoms with Crippen molar-refractivity contribution in [1.29, 1.82) is 0 Å². The Morgan fingerprint density at radius 1 is 1.35 bits per heavy atom. The molecule has 0 aliphatic heterocycles. The van der Waals surface area contributed by atoms with Crippen LogP contribution in [0.15, 0.2) is 17.5 Å². The second-order valence-electron chi connectivity index (χ2n) is 5.86. The number of hydrogen-bond acceptors (Lipinski definition) is 3. The highest BCUT2D eigenvalue weighted by molar-refractivity contribution is 7.99. The normalized spacial score (nSPS) is 18.2. The molecule has 114 valence electrons. The molecule has 2 rings (SSSR count). The van der Waals surface area contributed by atoms with Crippen LogP contribution in [-0.2, 0) is 6.42 Å². The highest BCUT2D eigenvalue weighted by Gasteiger charge is 2.16. The van der Waals surface area contributed by atoms with Crippen molar-refractivity contribution in [1.82, 2.24) is 5.32 Å². The summed E-state index contributed by atoms with van der Waals surface area (Å²) in [7, 11) is 0. The standard InChI is InChI=1S/C17H29NS2/c1-2-12-18-15(10-11-17-9-6-13-19-17)14-20-16-7-4-3-5-8-16/h6,9,13,15-16,18H,2-5,7-8,10-12,14H2,1H3. The van der Waals surface area contributed by atoms with Crippen molar-refractivity contribution in [2.75, 3.05) is 12.3 Å². The highest BCUT2D eigenvalue weighted by Crippen LogP contribution is 2.29. The first-order chi connectivity index (χ1) is 9.88. The van der Waals surface area contributed by atoms with E-state index < -0.39 is 0 Å². The van der Waals surface area contributed by atoms with Gasteiger partial charge in [0, 0.05) is 21.9 Å². The van der Waals surface area contributed by atoms with E-state index in [0.29, 0.717) is 6.04 Å². The molecule has 3 heteroatoms. The van der Waals surface area contributed by atoms with E-state index in [1.807, 2.05) is 11.3 Å². The zero-order chi connectivity index (χ0) is 14.0. The molecule has 20 heavy (non-hydrogen) atoms. The number of nitrogens with one attached hydrogen (secondary N) is 1. The van der Waals surface area contributed by atoms with Crippen molar-refractivity contribution in [2.24, 2.45) is 0 Å². The molecular formula is C17H29NS2. The molecule has 1 aromatic heterocycles. The van der Waals surface area contributed by atoms with Gasteiger partial charge in [-0.05, 0) is 50.1 Å². The van der Waals surface area contributed by atoms with Gasteiger partial charge in [-0.1, -0.05) is 32.3 Å². The lowest BCUT2D eigenvalue weighted by atomic mass is 10.0. The Hall–Kier alpha value is 0.01000. The van der Waals surface area contributed by atoms with Crippen LogP contribution in [0.5, 0.6) is 0 Å². The van der Waals surface area contributed by atoms with Gasteiger partial charge in [-0.3, -0.25) is 0 Å². The van der Waals surface area contributed by atoms with Crippen molar-refractivity contribution in [3.8, 4) is 0 Å². The summed E-state index contributed by atoms with van der Waals surface area (Å²) in [6.07, 6.45) is 11.1. The third kappa shape index (κ3) is 6.19. The number of thioether (sulfide) groups is 1. The van der Waals surface area contributed by atoms with E-state index in [0.717, 1.165) is 5.25 Å². The SMILES string of the molecule is CCCNC(CCc1cccs1)CSC1CCCCC1. The molecule has 0 aromatic carbocycles. The molecule has 1 aliphatic carbocycles. The van der Waals surface area contributed by atoms with Gasteiger partial charge in [-0.2, -0.15) is 11.8 Å². The van der Waals surface area contributed by atoms with Gasteiger partial charge in [0.2, 0.25) is 0 Å². The highest BCUT2D eigenvalue weighted by atomic mass is 32.2. The first kappa shape index (κ1) is 16.4. The van der Waals surface area contributed by atoms with Crippen molar-refractivity contribution in [2.45, 2.75) is 69.6 Å². The smallest absolute Gasteiger partial charge is 0.0161 e. The Balaban J connectivity index is 1.70. The molecule has 0 radical (unpaired) electrons. The van der Waals surface area contributed by atoms with E-state index in [1.54, 1.807) is 0 Å². The lowest BCUT2D eigenvalue weighted by Gasteiger charge is -2.24. The van der Waals surface area contributed by atoms with Crippen LogP contribution in [-0.4, -0.2) is 23.6 Å². The fourth-order valence-electron chi connectivity index (χ4n) is 2.85. The number of aryl methyl sites for hydroxylation is 1. The molecule has 1 fully saturated rings. The molecular weight excluding hydrogens is 282 g/mol. The first-order valence-electron chi connectivity index (χ1n) is 8.26. The third-order valence-corrected chi connectivity index (χ3v) is 6.56. The van der Waals surface area contributed by atoms with Gasteiger partial charge in [0.25, 0.3) is 0 Å². The van der Waals surface area contributed by atoms with Gasteiger partial charge < -0.3 is 5.32 Å². The molecule has 0 saturated heterocycles. The summed E-state index contributed by atoms with van der Waals surface area (Å²) >= 11 is 4.13. The average Bonchev–Trinajstić information content (AvgIpc) is 3.01. The Labute approximate surface area is 132 Å². The summed E-state index contributed by atoms with van der Waals surface area (Å²) in [6.45, 7) is 3.43. The fourth-order valence-corrected chi connectivity index (χ4v) is 5.03. The Bertz CT molecular complexity index is 331. The molecule has 0 amide bonds. The quantitative estimate of drug-likeness (QED) is 0.679. The maximum Gasteiger partial charge on any atom is 0.0161 e. The van der Waals surface area contributed by atoms with E-state index in [1.165, 1.54) is 68.5 Å². The average molecular weight is 312 g/mol. The van der Waals surface area contributed by atoms with E-state index in [9.17, 15) is 0 Å². The molecule has 0 spiro atoms. The van der Waals surface area contributed by atoms with E-state index in [4.69, 9.17) is 0 Å². The first-order valence-corrected chi connectivity index (χ1v) is 10.2. The minimum Gasteiger partial charge on any atom is -0.313 e. The monoisotopic (exact) mass is 311 g/mol. The Morgan fingerprint density at radius 3 is 2.90 bits per heavy atom. The molecule has 1 N–H and O–H groups in total. The zero-order valence-electron chi connectivity index (χ0n) is 12.8. The van der Waals surface area contributed by atoms with Gasteiger partial charge >= 0.3 is 0 Å². The molecule has 1 unspecified atom stereocenters. The van der Waals surface area contributed by atoms with E-state index >= 15 is 0 Å². The maximum absolute atomic E-state index is 3.76. The zero-order valence-corrected chi connectivity index (χ0v) is 14.4. The summed E-state index contributed by atoms with van der Waals surface area (Å²) in [5.74, 6) is 1.30. The van der Waals surface area contributed by atoms with Gasteiger partial charge in [-0.15, -0.1) is 11.3 Å². The van der Waals surface area contributed by atoms with Crippen LogP contribution in [0.25, 0.3) is 0 Å². The predicted octanol–water partition coefficient (Wildman–Crippen LogP) is 5.11. The van der Waals surface area contributed by atoms with Gasteiger partial charge in [0.05, 0.1) is 0 Å². The van der Waals surface area contributed by atoms with E-state index in [2.05, 4.69) is 41.5 Å². The largest absolute Gasteiger partial charge is 0.313 e. The molecule has 1 atom stereocenters. The van der Waals surface area contributed by atoms with Crippen molar-refractivity contribution >= 4 is 23.1 Å². The lowest BCUT2D eigenvalue weighted by Crippen LogP contribution is -2.33. The number of thiophene rings is 1. The molecule has 1 aliphatic rings. The van der Waals surface area contributed by atoms with Crippen LogP contribution in [0.4, 0.5) is 0 Å². The van der Waals surface area contributed by atoms with Crippen LogP contribution in [0.3, 0.4) is 0 Å². The van der Waals surface area contributed by atoms with Crippen LogP contribution in [0.2, 0.25) is 0 Å². The maximum atomic E-state index is 3.76. The predicted molar refractivity (Wildman–Crippen MR) is 94.1 cm³/mol. The molecule has 0 bridgehead atoms. The fraction of sp³-hybridized carbons (Fsp3) is 0.765. The Kier molecular flexibility index (Phi) is 8.07. The summed E-state index contributed by atoms with van der Waals surface area (Å²) in [4.78, 5) is 1.54. The molecule has 1 saturated carbocycles. The summed E-state index contributed by atoms with van der Waals surface area (Å²) in [6, 6.07) is 5.14. The summed E-state index contributed by atoms with van der Waals surface area (Å²) < 4.78 is 0. The van der Waals surface area contributed by atoms with Gasteiger partial charge in [-0.25, -0.2) is 0 Å². The topological polar surface area (TPSA) is 12.0 Å². The minimum absolute atomic E-state index is 0.698. The summed E-state index contributed by atoms with van der Waals surface area (Å²) in [5.41, 5.74) is 0. The second kappa shape index (κ2) is 9.86. The molecule has 1 heterocycles. The van der Waals surface area contributed by atoms with Crippen LogP contribution in [0, 0.1) is 0 Å². The molecule has 1 nitrogen and oxygen atoms in total. The number of rotatable bonds is 9. The second-order valence-corrected chi connectivity index (χ2v) is 8.23. The van der Waals surface area contributed by atoms with Crippen molar-refractivity contribution in [3.63, 3.8) is 0 Å². The third-order valence-electron chi connectivity index (χ3n) is 4.09.